The first-order valence-electron chi connectivity index (χ1n) is 2.75. The van der Waals surface area contributed by atoms with E-state index in [1.165, 1.54) is 12.4 Å². The normalized spacial score (nSPS) is 8.90. The van der Waals surface area contributed by atoms with Crippen LogP contribution in [-0.4, -0.2) is 22.9 Å². The van der Waals surface area contributed by atoms with Gasteiger partial charge in [0.25, 0.3) is 5.91 Å². The minimum atomic E-state index is -0.223. The van der Waals surface area contributed by atoms with Crippen LogP contribution in [0.3, 0.4) is 0 Å². The van der Waals surface area contributed by atoms with Crippen LogP contribution in [0.2, 0.25) is 0 Å². The van der Waals surface area contributed by atoms with Crippen molar-refractivity contribution in [3.63, 3.8) is 0 Å². The standard InChI is InChI=1S/C6H6N3O/c1-7-6(10)5-2-3-8-4-9-5/h2,4H,1H3,(H,7,10). The number of hydrogen-bond donors (Lipinski definition) is 1. The lowest BCUT2D eigenvalue weighted by molar-refractivity contribution is 0.0958. The van der Waals surface area contributed by atoms with Crippen LogP contribution in [0.25, 0.3) is 0 Å². The number of amides is 1. The minimum absolute atomic E-state index is 0.223. The summed E-state index contributed by atoms with van der Waals surface area (Å²) in [5, 5.41) is 2.43. The SMILES string of the molecule is CNC(=O)c1c[c]ncn1. The molecule has 1 N–H and O–H groups in total. The van der Waals surface area contributed by atoms with E-state index >= 15 is 0 Å². The van der Waals surface area contributed by atoms with Crippen LogP contribution in [0.5, 0.6) is 0 Å². The molecule has 1 radical (unpaired) electrons. The summed E-state index contributed by atoms with van der Waals surface area (Å²) in [5.74, 6) is -0.223. The molecule has 0 aliphatic heterocycles. The van der Waals surface area contributed by atoms with E-state index in [9.17, 15) is 4.79 Å². The van der Waals surface area contributed by atoms with Gasteiger partial charge in [-0.2, -0.15) is 0 Å². The Morgan fingerprint density at radius 1 is 1.80 bits per heavy atom. The van der Waals surface area contributed by atoms with E-state index < -0.39 is 0 Å². The highest BCUT2D eigenvalue weighted by atomic mass is 16.1. The predicted molar refractivity (Wildman–Crippen MR) is 34.3 cm³/mol. The van der Waals surface area contributed by atoms with Gasteiger partial charge in [-0.25, -0.2) is 9.97 Å². The van der Waals surface area contributed by atoms with E-state index in [1.54, 1.807) is 7.05 Å². The van der Waals surface area contributed by atoms with Gasteiger partial charge in [-0.05, 0) is 6.07 Å². The maximum absolute atomic E-state index is 10.8. The summed E-state index contributed by atoms with van der Waals surface area (Å²) in [4.78, 5) is 18.0. The van der Waals surface area contributed by atoms with Crippen LogP contribution >= 0.6 is 0 Å². The molecule has 0 unspecified atom stereocenters. The fraction of sp³-hybridized carbons (Fsp3) is 0.167. The predicted octanol–water partition coefficient (Wildman–Crippen LogP) is -0.364. The van der Waals surface area contributed by atoms with E-state index in [4.69, 9.17) is 0 Å². The maximum Gasteiger partial charge on any atom is 0.269 e. The zero-order valence-electron chi connectivity index (χ0n) is 5.46. The highest BCUT2D eigenvalue weighted by Crippen LogP contribution is 1.87. The molecule has 0 saturated carbocycles. The molecule has 0 bridgehead atoms. The molecular formula is C6H6N3O. The van der Waals surface area contributed by atoms with Crippen LogP contribution < -0.4 is 5.32 Å². The molecule has 1 amide bonds. The van der Waals surface area contributed by atoms with Crippen LogP contribution in [0, 0.1) is 6.20 Å². The summed E-state index contributed by atoms with van der Waals surface area (Å²) in [5.41, 5.74) is 0.331. The van der Waals surface area contributed by atoms with E-state index in [1.807, 2.05) is 0 Å². The molecule has 1 aromatic heterocycles. The zero-order valence-corrected chi connectivity index (χ0v) is 5.46. The van der Waals surface area contributed by atoms with E-state index in [0.29, 0.717) is 5.69 Å². The Kier molecular flexibility index (Phi) is 1.94. The van der Waals surface area contributed by atoms with Gasteiger partial charge in [0.2, 0.25) is 0 Å². The van der Waals surface area contributed by atoms with Gasteiger partial charge in [-0.1, -0.05) is 0 Å². The number of carbonyl (C=O) groups is 1. The van der Waals surface area contributed by atoms with Crippen molar-refractivity contribution >= 4 is 5.91 Å². The Bertz CT molecular complexity index is 222. The monoisotopic (exact) mass is 136 g/mol. The van der Waals surface area contributed by atoms with Crippen molar-refractivity contribution in [1.82, 2.24) is 15.3 Å². The fourth-order valence-electron chi connectivity index (χ4n) is 0.512. The van der Waals surface area contributed by atoms with Crippen molar-refractivity contribution < 1.29 is 4.79 Å². The average Bonchev–Trinajstić information content (AvgIpc) is 2.05. The summed E-state index contributed by atoms with van der Waals surface area (Å²) in [7, 11) is 1.55. The van der Waals surface area contributed by atoms with E-state index in [-0.39, 0.29) is 5.91 Å². The number of rotatable bonds is 1. The summed E-state index contributed by atoms with van der Waals surface area (Å²) in [6, 6.07) is 1.43. The second-order valence-corrected chi connectivity index (χ2v) is 1.61. The molecule has 0 fully saturated rings. The van der Waals surface area contributed by atoms with Crippen LogP contribution in [-0.2, 0) is 0 Å². The summed E-state index contributed by atoms with van der Waals surface area (Å²) in [6.07, 6.45) is 3.79. The molecule has 0 aliphatic rings. The van der Waals surface area contributed by atoms with Crippen molar-refractivity contribution in [2.45, 2.75) is 0 Å². The Morgan fingerprint density at radius 2 is 2.60 bits per heavy atom. The first-order chi connectivity index (χ1) is 4.84. The molecule has 0 spiro atoms. The van der Waals surface area contributed by atoms with Crippen molar-refractivity contribution in [1.29, 1.82) is 0 Å². The molecule has 0 atom stereocenters. The Hall–Kier alpha value is -1.45. The minimum Gasteiger partial charge on any atom is -0.354 e. The zero-order chi connectivity index (χ0) is 7.40. The smallest absolute Gasteiger partial charge is 0.269 e. The Morgan fingerprint density at radius 3 is 3.10 bits per heavy atom. The van der Waals surface area contributed by atoms with Gasteiger partial charge < -0.3 is 5.32 Å². The summed E-state index contributed by atoms with van der Waals surface area (Å²) < 4.78 is 0. The van der Waals surface area contributed by atoms with E-state index in [2.05, 4.69) is 21.5 Å². The van der Waals surface area contributed by atoms with Crippen molar-refractivity contribution in [3.05, 3.63) is 24.3 Å². The molecule has 4 nitrogen and oxygen atoms in total. The topological polar surface area (TPSA) is 54.9 Å². The summed E-state index contributed by atoms with van der Waals surface area (Å²) >= 11 is 0. The van der Waals surface area contributed by atoms with Crippen molar-refractivity contribution in [2.75, 3.05) is 7.05 Å². The van der Waals surface area contributed by atoms with Gasteiger partial charge in [-0.3, -0.25) is 4.79 Å². The number of nitrogens with zero attached hydrogens (tertiary/aromatic N) is 2. The highest BCUT2D eigenvalue weighted by molar-refractivity contribution is 5.91. The second kappa shape index (κ2) is 2.91. The third-order valence-corrected chi connectivity index (χ3v) is 0.990. The molecule has 1 rings (SSSR count). The van der Waals surface area contributed by atoms with Crippen molar-refractivity contribution in [2.24, 2.45) is 0 Å². The number of hydrogen-bond acceptors (Lipinski definition) is 3. The fourth-order valence-corrected chi connectivity index (χ4v) is 0.512. The van der Waals surface area contributed by atoms with Gasteiger partial charge in [0.15, 0.2) is 0 Å². The van der Waals surface area contributed by atoms with Crippen LogP contribution in [0.1, 0.15) is 10.5 Å². The first kappa shape index (κ1) is 6.67. The third-order valence-electron chi connectivity index (χ3n) is 0.990. The molecule has 10 heavy (non-hydrogen) atoms. The van der Waals surface area contributed by atoms with Gasteiger partial charge in [0, 0.05) is 7.05 Å². The van der Waals surface area contributed by atoms with Crippen molar-refractivity contribution in [3.8, 4) is 0 Å². The highest BCUT2D eigenvalue weighted by Gasteiger charge is 2.00. The molecular weight excluding hydrogens is 130 g/mol. The lowest BCUT2D eigenvalue weighted by Crippen LogP contribution is -2.18. The lowest BCUT2D eigenvalue weighted by atomic mass is 10.4. The van der Waals surface area contributed by atoms with Gasteiger partial charge in [-0.15, -0.1) is 0 Å². The van der Waals surface area contributed by atoms with Crippen LogP contribution in [0.15, 0.2) is 12.4 Å². The van der Waals surface area contributed by atoms with Gasteiger partial charge >= 0.3 is 0 Å². The molecule has 1 heterocycles. The largest absolute Gasteiger partial charge is 0.354 e. The van der Waals surface area contributed by atoms with Gasteiger partial charge in [0.1, 0.15) is 12.0 Å². The molecule has 0 aliphatic carbocycles. The Labute approximate surface area is 58.3 Å². The molecule has 51 valence electrons. The van der Waals surface area contributed by atoms with E-state index in [0.717, 1.165) is 0 Å². The second-order valence-electron chi connectivity index (χ2n) is 1.61. The number of aromatic nitrogens is 2. The first-order valence-corrected chi connectivity index (χ1v) is 2.75. The van der Waals surface area contributed by atoms with Crippen LogP contribution in [0.4, 0.5) is 0 Å². The number of carbonyl (C=O) groups excluding carboxylic acids is 1. The average molecular weight is 136 g/mol. The quantitative estimate of drug-likeness (QED) is 0.573. The summed E-state index contributed by atoms with van der Waals surface area (Å²) in [6.45, 7) is 0. The third kappa shape index (κ3) is 1.28. The van der Waals surface area contributed by atoms with Gasteiger partial charge in [0.05, 0.1) is 6.20 Å². The molecule has 4 heteroatoms. The molecule has 0 saturated heterocycles. The maximum atomic E-state index is 10.8. The number of nitrogens with one attached hydrogen (secondary N) is 1. The molecule has 1 aromatic rings. The lowest BCUT2D eigenvalue weighted by Gasteiger charge is -1.94. The molecule has 0 aromatic carbocycles. The Balaban J connectivity index is 2.85.